The van der Waals surface area contributed by atoms with Gasteiger partial charge in [-0.3, -0.25) is 9.89 Å². The van der Waals surface area contributed by atoms with Crippen molar-refractivity contribution in [2.45, 2.75) is 25.8 Å². The molecule has 1 aromatic heterocycles. The maximum atomic E-state index is 11.7. The number of aryl methyl sites for hydroxylation is 1. The molecular formula is C14H18N4O. The van der Waals surface area contributed by atoms with Gasteiger partial charge in [-0.1, -0.05) is 30.3 Å². The van der Waals surface area contributed by atoms with Crippen LogP contribution in [0.5, 0.6) is 0 Å². The first-order valence-electron chi connectivity index (χ1n) is 6.27. The van der Waals surface area contributed by atoms with Gasteiger partial charge in [-0.25, -0.2) is 0 Å². The molecule has 0 bridgehead atoms. The van der Waals surface area contributed by atoms with E-state index in [9.17, 15) is 4.79 Å². The van der Waals surface area contributed by atoms with Gasteiger partial charge in [0.25, 0.3) is 0 Å². The van der Waals surface area contributed by atoms with Crippen LogP contribution in [-0.2, 0) is 4.79 Å². The Kier molecular flexibility index (Phi) is 4.30. The number of aromatic nitrogens is 2. The zero-order chi connectivity index (χ0) is 13.7. The van der Waals surface area contributed by atoms with Gasteiger partial charge in [0.2, 0.25) is 5.91 Å². The van der Waals surface area contributed by atoms with Crippen molar-refractivity contribution in [3.8, 4) is 0 Å². The van der Waals surface area contributed by atoms with E-state index in [4.69, 9.17) is 5.73 Å². The molecule has 1 aromatic carbocycles. The van der Waals surface area contributed by atoms with E-state index in [0.29, 0.717) is 18.7 Å². The molecule has 1 amide bonds. The average Bonchev–Trinajstić information content (AvgIpc) is 2.82. The highest BCUT2D eigenvalue weighted by Gasteiger charge is 2.10. The normalized spacial score (nSPS) is 12.1. The van der Waals surface area contributed by atoms with E-state index in [1.54, 1.807) is 6.07 Å². The molecule has 100 valence electrons. The lowest BCUT2D eigenvalue weighted by Crippen LogP contribution is -2.16. The smallest absolute Gasteiger partial charge is 0.225 e. The summed E-state index contributed by atoms with van der Waals surface area (Å²) in [5.41, 5.74) is 8.00. The molecular weight excluding hydrogens is 240 g/mol. The number of nitrogens with zero attached hydrogens (tertiary/aromatic N) is 1. The first-order valence-corrected chi connectivity index (χ1v) is 6.27. The van der Waals surface area contributed by atoms with Gasteiger partial charge >= 0.3 is 0 Å². The number of anilines is 1. The third kappa shape index (κ3) is 3.93. The summed E-state index contributed by atoms with van der Waals surface area (Å²) in [6, 6.07) is 11.5. The van der Waals surface area contributed by atoms with Crippen LogP contribution >= 0.6 is 0 Å². The largest absolute Gasteiger partial charge is 0.324 e. The summed E-state index contributed by atoms with van der Waals surface area (Å²) in [5, 5.41) is 9.46. The minimum atomic E-state index is -0.118. The van der Waals surface area contributed by atoms with E-state index in [1.165, 1.54) is 0 Å². The number of benzene rings is 1. The van der Waals surface area contributed by atoms with Crippen molar-refractivity contribution in [1.29, 1.82) is 0 Å². The van der Waals surface area contributed by atoms with Crippen LogP contribution in [0, 0.1) is 6.92 Å². The summed E-state index contributed by atoms with van der Waals surface area (Å²) in [6.45, 7) is 1.88. The van der Waals surface area contributed by atoms with Gasteiger partial charge in [0.1, 0.15) is 0 Å². The Morgan fingerprint density at radius 3 is 2.79 bits per heavy atom. The highest BCUT2D eigenvalue weighted by molar-refractivity contribution is 5.89. The fourth-order valence-corrected chi connectivity index (χ4v) is 1.84. The van der Waals surface area contributed by atoms with Crippen LogP contribution in [0.25, 0.3) is 0 Å². The summed E-state index contributed by atoms with van der Waals surface area (Å²) >= 11 is 0. The molecule has 0 aliphatic rings. The second-order valence-electron chi connectivity index (χ2n) is 4.54. The second kappa shape index (κ2) is 6.15. The first-order chi connectivity index (χ1) is 9.15. The van der Waals surface area contributed by atoms with Gasteiger partial charge in [0, 0.05) is 24.2 Å². The number of nitrogens with one attached hydrogen (secondary N) is 2. The number of aromatic amines is 1. The van der Waals surface area contributed by atoms with E-state index >= 15 is 0 Å². The Morgan fingerprint density at radius 2 is 2.16 bits per heavy atom. The Labute approximate surface area is 112 Å². The molecule has 0 saturated carbocycles. The Hall–Kier alpha value is -2.14. The van der Waals surface area contributed by atoms with Crippen LogP contribution in [0.15, 0.2) is 36.4 Å². The van der Waals surface area contributed by atoms with Crippen molar-refractivity contribution < 1.29 is 4.79 Å². The van der Waals surface area contributed by atoms with Gasteiger partial charge in [0.05, 0.1) is 0 Å². The number of rotatable bonds is 5. The third-order valence-corrected chi connectivity index (χ3v) is 2.88. The molecule has 1 heterocycles. The van der Waals surface area contributed by atoms with Crippen LogP contribution in [0.2, 0.25) is 0 Å². The Bertz CT molecular complexity index is 535. The lowest BCUT2D eigenvalue weighted by Gasteiger charge is -2.11. The summed E-state index contributed by atoms with van der Waals surface area (Å²) in [5.74, 6) is 0.480. The minimum Gasteiger partial charge on any atom is -0.324 e. The number of hydrogen-bond donors (Lipinski definition) is 3. The maximum Gasteiger partial charge on any atom is 0.225 e. The van der Waals surface area contributed by atoms with E-state index < -0.39 is 0 Å². The summed E-state index contributed by atoms with van der Waals surface area (Å²) in [4.78, 5) is 11.7. The zero-order valence-corrected chi connectivity index (χ0v) is 10.9. The van der Waals surface area contributed by atoms with E-state index in [2.05, 4.69) is 15.5 Å². The molecule has 0 saturated heterocycles. The fourth-order valence-electron chi connectivity index (χ4n) is 1.84. The average molecular weight is 258 g/mol. The molecule has 0 fully saturated rings. The number of nitrogens with two attached hydrogens (primary N) is 1. The molecule has 0 aliphatic carbocycles. The third-order valence-electron chi connectivity index (χ3n) is 2.88. The molecule has 0 radical (unpaired) electrons. The predicted molar refractivity (Wildman–Crippen MR) is 74.6 cm³/mol. The number of H-pyrrole nitrogens is 1. The van der Waals surface area contributed by atoms with E-state index in [1.807, 2.05) is 37.3 Å². The van der Waals surface area contributed by atoms with Crippen molar-refractivity contribution in [1.82, 2.24) is 10.2 Å². The molecule has 1 atom stereocenters. The summed E-state index contributed by atoms with van der Waals surface area (Å²) in [7, 11) is 0. The molecule has 19 heavy (non-hydrogen) atoms. The SMILES string of the molecule is Cc1cc(NC(=O)CCC(N)c2ccccc2)n[nH]1. The number of carbonyl (C=O) groups is 1. The molecule has 0 spiro atoms. The Morgan fingerprint density at radius 1 is 1.42 bits per heavy atom. The predicted octanol–water partition coefficient (Wildman–Crippen LogP) is 2.14. The molecule has 1 unspecified atom stereocenters. The van der Waals surface area contributed by atoms with Gasteiger partial charge in [0.15, 0.2) is 5.82 Å². The van der Waals surface area contributed by atoms with Crippen molar-refractivity contribution in [3.05, 3.63) is 47.7 Å². The topological polar surface area (TPSA) is 83.8 Å². The van der Waals surface area contributed by atoms with Crippen molar-refractivity contribution in [3.63, 3.8) is 0 Å². The van der Waals surface area contributed by atoms with Crippen LogP contribution in [-0.4, -0.2) is 16.1 Å². The summed E-state index contributed by atoms with van der Waals surface area (Å²) < 4.78 is 0. The highest BCUT2D eigenvalue weighted by Crippen LogP contribution is 2.15. The van der Waals surface area contributed by atoms with Crippen LogP contribution in [0.4, 0.5) is 5.82 Å². The van der Waals surface area contributed by atoms with E-state index in [-0.39, 0.29) is 11.9 Å². The number of carbonyl (C=O) groups excluding carboxylic acids is 1. The minimum absolute atomic E-state index is 0.0714. The van der Waals surface area contributed by atoms with Gasteiger partial charge < -0.3 is 11.1 Å². The lowest BCUT2D eigenvalue weighted by molar-refractivity contribution is -0.116. The number of amides is 1. The van der Waals surface area contributed by atoms with E-state index in [0.717, 1.165) is 11.3 Å². The first kappa shape index (κ1) is 13.3. The second-order valence-corrected chi connectivity index (χ2v) is 4.54. The molecule has 2 rings (SSSR count). The van der Waals surface area contributed by atoms with Crippen LogP contribution < -0.4 is 11.1 Å². The van der Waals surface area contributed by atoms with Crippen molar-refractivity contribution >= 4 is 11.7 Å². The van der Waals surface area contributed by atoms with Gasteiger partial charge in [-0.2, -0.15) is 5.10 Å². The van der Waals surface area contributed by atoms with Gasteiger partial charge in [-0.05, 0) is 18.9 Å². The maximum absolute atomic E-state index is 11.7. The van der Waals surface area contributed by atoms with Crippen molar-refractivity contribution in [2.24, 2.45) is 5.73 Å². The monoisotopic (exact) mass is 258 g/mol. The Balaban J connectivity index is 1.80. The molecule has 5 nitrogen and oxygen atoms in total. The van der Waals surface area contributed by atoms with Gasteiger partial charge in [-0.15, -0.1) is 0 Å². The van der Waals surface area contributed by atoms with Crippen molar-refractivity contribution in [2.75, 3.05) is 5.32 Å². The zero-order valence-electron chi connectivity index (χ0n) is 10.9. The summed E-state index contributed by atoms with van der Waals surface area (Å²) in [6.07, 6.45) is 0.987. The fraction of sp³-hybridized carbons (Fsp3) is 0.286. The van der Waals surface area contributed by atoms with Crippen LogP contribution in [0.3, 0.4) is 0 Å². The quantitative estimate of drug-likeness (QED) is 0.768. The molecule has 4 N–H and O–H groups in total. The highest BCUT2D eigenvalue weighted by atomic mass is 16.1. The van der Waals surface area contributed by atoms with Crippen LogP contribution in [0.1, 0.15) is 30.1 Å². The molecule has 2 aromatic rings. The molecule has 5 heteroatoms. The standard InChI is InChI=1S/C14H18N4O/c1-10-9-13(18-17-10)16-14(19)8-7-12(15)11-5-3-2-4-6-11/h2-6,9,12H,7-8,15H2,1H3,(H2,16,17,18,19). The molecule has 0 aliphatic heterocycles. The lowest BCUT2D eigenvalue weighted by atomic mass is 10.0. The number of hydrogen-bond acceptors (Lipinski definition) is 3.